The Morgan fingerprint density at radius 1 is 0.495 bits per heavy atom. The van der Waals surface area contributed by atoms with Crippen molar-refractivity contribution in [3.8, 4) is 0 Å². The van der Waals surface area contributed by atoms with Crippen LogP contribution in [0.2, 0.25) is 0 Å². The molecule has 0 amide bonds. The van der Waals surface area contributed by atoms with Crippen molar-refractivity contribution in [1.82, 2.24) is 0 Å². The molecule has 0 aliphatic rings. The van der Waals surface area contributed by atoms with E-state index < -0.39 is 10.4 Å². The molecule has 109 heavy (non-hydrogen) atoms. The number of hydrogen-bond acceptors (Lipinski definition) is 19. The number of aldehydes is 3. The van der Waals surface area contributed by atoms with Gasteiger partial charge in [-0.25, -0.2) is 0 Å². The Balaban J connectivity index is -0.000000389. The first kappa shape index (κ1) is 114. The van der Waals surface area contributed by atoms with Crippen LogP contribution in [0.4, 0.5) is 28.4 Å². The second-order valence-electron chi connectivity index (χ2n) is 22.7. The van der Waals surface area contributed by atoms with E-state index in [-0.39, 0.29) is 55.3 Å². The minimum atomic E-state index is -3.22. The normalized spacial score (nSPS) is 9.72. The zero-order valence-corrected chi connectivity index (χ0v) is 79.2. The number of anilines is 5. The summed E-state index contributed by atoms with van der Waals surface area (Å²) in [6.45, 7) is 33.3. The van der Waals surface area contributed by atoms with Crippen molar-refractivity contribution in [2.45, 2.75) is 152 Å². The van der Waals surface area contributed by atoms with Gasteiger partial charge in [-0.05, 0) is 279 Å². The fraction of sp³-hybridized carbons (Fsp3) is 0.487. The number of halogens is 9. The van der Waals surface area contributed by atoms with E-state index in [4.69, 9.17) is 40.4 Å². The predicted molar refractivity (Wildman–Crippen MR) is 486 cm³/mol. The van der Waals surface area contributed by atoms with Gasteiger partial charge in [-0.15, -0.1) is 24.0 Å². The summed E-state index contributed by atoms with van der Waals surface area (Å²) in [5.41, 5.74) is 8.06. The fourth-order valence-corrected chi connectivity index (χ4v) is 9.58. The summed E-state index contributed by atoms with van der Waals surface area (Å²) >= 11 is 27.2. The van der Waals surface area contributed by atoms with Crippen LogP contribution in [0.15, 0.2) is 159 Å². The molecule has 0 fully saturated rings. The van der Waals surface area contributed by atoms with Gasteiger partial charge < -0.3 is 53.7 Å². The van der Waals surface area contributed by atoms with Gasteiger partial charge in [0.1, 0.15) is 18.9 Å². The molecule has 0 saturated carbocycles. The van der Waals surface area contributed by atoms with E-state index in [0.717, 1.165) is 197 Å². The van der Waals surface area contributed by atoms with E-state index >= 15 is 0 Å². The number of aliphatic hydroxyl groups is 1. The number of carbonyl (C=O) groups is 7. The van der Waals surface area contributed by atoms with Crippen LogP contribution in [0.3, 0.4) is 0 Å². The van der Waals surface area contributed by atoms with Crippen LogP contribution in [0.25, 0.3) is 0 Å². The predicted octanol–water partition coefficient (Wildman–Crippen LogP) is 19.8. The van der Waals surface area contributed by atoms with Gasteiger partial charge in [-0.3, -0.25) is 38.1 Å². The number of benzene rings is 5. The van der Waals surface area contributed by atoms with Crippen molar-refractivity contribution in [1.29, 1.82) is 0 Å². The number of esters is 3. The summed E-state index contributed by atoms with van der Waals surface area (Å²) in [6, 6.07) is 43.7. The molecule has 0 saturated heterocycles. The van der Waals surface area contributed by atoms with Crippen molar-refractivity contribution >= 4 is 198 Å². The van der Waals surface area contributed by atoms with E-state index in [1.165, 1.54) is 44.1 Å². The summed E-state index contributed by atoms with van der Waals surface area (Å²) in [7, 11) is 0. The third kappa shape index (κ3) is 77.9. The zero-order chi connectivity index (χ0) is 81.7. The van der Waals surface area contributed by atoms with Gasteiger partial charge in [-0.1, -0.05) is 65.5 Å². The third-order valence-corrected chi connectivity index (χ3v) is 15.3. The number of alkyl halides is 1. The number of nitrogens with zero attached hydrogens (tertiary/aromatic N) is 4. The number of ether oxygens (including phenoxy) is 5. The first-order valence-corrected chi connectivity index (χ1v) is 54.7. The van der Waals surface area contributed by atoms with Crippen molar-refractivity contribution in [3.05, 3.63) is 176 Å². The van der Waals surface area contributed by atoms with E-state index in [1.54, 1.807) is 0 Å². The summed E-state index contributed by atoms with van der Waals surface area (Å²) in [6.07, 6.45) is 20.7. The molecular formula is C80H120BrCl4I4N5O14P-. The van der Waals surface area contributed by atoms with Crippen LogP contribution in [0, 0.1) is 0 Å². The number of hydrogen-bond donors (Lipinski definition) is 2. The van der Waals surface area contributed by atoms with Crippen LogP contribution in [-0.2, 0) is 47.4 Å². The summed E-state index contributed by atoms with van der Waals surface area (Å²) < 4.78 is 34.2. The maximum absolute atomic E-state index is 10.7. The summed E-state index contributed by atoms with van der Waals surface area (Å²) in [4.78, 5) is 82.0. The first-order chi connectivity index (χ1) is 51.9. The molecule has 5 aromatic rings. The van der Waals surface area contributed by atoms with E-state index in [1.807, 2.05) is 97.1 Å². The van der Waals surface area contributed by atoms with Gasteiger partial charge in [0.25, 0.3) is 0 Å². The molecule has 0 aliphatic heterocycles. The van der Waals surface area contributed by atoms with E-state index in [0.29, 0.717) is 56.4 Å². The quantitative estimate of drug-likeness (QED) is 0.00315. The zero-order valence-electron chi connectivity index (χ0n) is 64.8. The van der Waals surface area contributed by atoms with Gasteiger partial charge in [0.15, 0.2) is 6.79 Å². The molecule has 29 heteroatoms. The van der Waals surface area contributed by atoms with Crippen molar-refractivity contribution in [2.24, 2.45) is 0 Å². The van der Waals surface area contributed by atoms with Crippen molar-refractivity contribution in [3.63, 3.8) is 0 Å². The smallest absolute Gasteiger partial charge is 0.271 e. The number of carbonyl (C=O) groups excluding carboxylic acids is 7. The number of rotatable bonds is 45. The number of para-hydroxylation sites is 2. The Morgan fingerprint density at radius 3 is 1.04 bits per heavy atom. The molecule has 0 aromatic heterocycles. The monoisotopic (exact) mass is 2130 g/mol. The number of nitrogens with one attached hydrogen (secondary N) is 1. The molecular weight excluding hydrogens is 2020 g/mol. The Morgan fingerprint density at radius 2 is 0.780 bits per heavy atom. The maximum atomic E-state index is 10.7. The summed E-state index contributed by atoms with van der Waals surface area (Å²) in [5.74, 6) is -0.580. The maximum Gasteiger partial charge on any atom is 0.339 e. The molecule has 618 valence electrons. The molecule has 0 radical (unpaired) electrons. The average molecular weight is 2140 g/mol. The van der Waals surface area contributed by atoms with E-state index in [2.05, 4.69) is 196 Å². The number of aliphatic hydroxyl groups excluding tert-OH is 1. The van der Waals surface area contributed by atoms with E-state index in [9.17, 15) is 38.1 Å². The second kappa shape index (κ2) is 83.6. The molecule has 0 aliphatic carbocycles. The number of unbranched alkanes of at least 4 members (excludes halogenated alkanes) is 10. The Bertz CT molecular complexity index is 3040. The summed E-state index contributed by atoms with van der Waals surface area (Å²) in [5, 5.41) is 9.23. The molecule has 0 atom stereocenters. The average Bonchev–Trinajstić information content (AvgIpc) is 0.895. The van der Waals surface area contributed by atoms with Crippen molar-refractivity contribution in [2.75, 3.05) is 129 Å². The Kier molecular flexibility index (Phi) is 87.2. The minimum absolute atomic E-state index is 0. The second-order valence-corrected chi connectivity index (χ2v) is 46.8. The molecule has 0 heterocycles. The molecule has 2 N–H and O–H groups in total. The molecule has 5 aromatic carbocycles. The minimum Gasteiger partial charge on any atom is -0.271 e. The Hall–Kier alpha value is -3.82. The third-order valence-electron chi connectivity index (χ3n) is 14.6. The van der Waals surface area contributed by atoms with Gasteiger partial charge in [0.05, 0.1) is 32.7 Å². The number of allylic oxidation sites excluding steroid dienone is 1. The van der Waals surface area contributed by atoms with Gasteiger partial charge in [0, 0.05) is 137 Å². The van der Waals surface area contributed by atoms with Crippen LogP contribution >= 0.6 is 128 Å². The van der Waals surface area contributed by atoms with Crippen LogP contribution in [0.5, 0.6) is 0 Å². The van der Waals surface area contributed by atoms with Gasteiger partial charge in [0.2, 0.25) is 5.24 Å². The fourth-order valence-electron chi connectivity index (χ4n) is 9.18. The Labute approximate surface area is 727 Å². The molecule has 5 rings (SSSR count). The first-order valence-electron chi connectivity index (χ1n) is 36.2. The molecule has 19 nitrogen and oxygen atoms in total. The SMILES string of the molecule is C=CC(=O)Cl.C=COCOCCCCCN(CC)c1ccc(C=O)cc1.CC(=O)OCCCCCBr.CCN(CCCCCO)c1ccc(C=O)cc1.CCN(CCCCCOC(C)=O)c1ccc(C=O)cc1.CCN(CCCCCOC(C)=O)c1ccccc1.CCNc1ccccc1.I.I[I-]I.O=P(Cl)(Cl)Cl. The largest absolute Gasteiger partial charge is 0.339 e. The van der Waals surface area contributed by atoms with Crippen LogP contribution < -0.4 is 38.2 Å². The van der Waals surface area contributed by atoms with Gasteiger partial charge in [-0.2, -0.15) is 0 Å². The standard InChI is InChI=1S/C17H25NO3.C16H23NO3.C15H23NO2.C14H21NO2.C8H11N.C7H13BrO2.C3H3ClO.Cl3OP.I3.HI/c1-3-18(17-10-8-16(14-19)9-11-17)12-6-5-7-13-21-15-20-4-2;1-3-17(11-5-4-6-12-20-14(2)19)16-9-7-15(13-18)8-10-16;1-3-16(15-10-6-4-7-11-15)12-8-5-9-13-18-14(2)17;1-2-15(10-4-3-5-11-16)14-8-6-13(12-17)7-9-14;1-2-9-8-6-4-3-5-7-8;1-7(9)10-6-4-2-3-5-8;1-2-3(4)5;1-5(2,3)4;1-3-2;/h4,8-11,14H,2-3,5-7,12-13,15H2,1H3;7-10,13H,3-6,11-12H2,1-2H3;4,6-7,10-11H,3,5,8-9,12-13H2,1-2H3;6-9,12,16H,2-5,10-11H2,1H3;3-7,9H,2H2,1H3;2-6H2,1H3;2H,1H2;;;1H/q;;;;;;;;-1;. The van der Waals surface area contributed by atoms with Crippen LogP contribution in [0.1, 0.15) is 183 Å². The van der Waals surface area contributed by atoms with Gasteiger partial charge >= 0.3 is 73.6 Å². The van der Waals surface area contributed by atoms with Crippen molar-refractivity contribution < 1.29 is 80.2 Å². The molecule has 0 bridgehead atoms. The molecule has 0 spiro atoms. The topological polar surface area (TPSA) is 228 Å². The van der Waals surface area contributed by atoms with Crippen LogP contribution in [-0.4, -0.2) is 151 Å². The molecule has 0 unspecified atom stereocenters.